The minimum Gasteiger partial charge on any atom is -0.316 e. The summed E-state index contributed by atoms with van der Waals surface area (Å²) < 4.78 is 0. The van der Waals surface area contributed by atoms with Crippen molar-refractivity contribution >= 4 is 0 Å². The molecule has 2 heteroatoms. The largest absolute Gasteiger partial charge is 0.316 e. The van der Waals surface area contributed by atoms with Crippen LogP contribution < -0.4 is 5.73 Å². The summed E-state index contributed by atoms with van der Waals surface area (Å²) in [6.45, 7) is 7.47. The van der Waals surface area contributed by atoms with E-state index in [0.29, 0.717) is 5.92 Å². The van der Waals surface area contributed by atoms with E-state index in [4.69, 9.17) is 5.73 Å². The van der Waals surface area contributed by atoms with Gasteiger partial charge in [-0.05, 0) is 19.9 Å². The molecule has 0 aromatic carbocycles. The lowest BCUT2D eigenvalue weighted by molar-refractivity contribution is 0.235. The molecule has 0 aliphatic carbocycles. The molecule has 0 fully saturated rings. The van der Waals surface area contributed by atoms with Crippen molar-refractivity contribution in [1.82, 2.24) is 4.90 Å². The Bertz CT molecular complexity index is 69.3. The maximum absolute atomic E-state index is 5.61. The Kier molecular flexibility index (Phi) is 3.82. The van der Waals surface area contributed by atoms with Crippen LogP contribution >= 0.6 is 0 Å². The first kappa shape index (κ1) is 8.92. The molecule has 0 aliphatic rings. The van der Waals surface area contributed by atoms with E-state index in [9.17, 15) is 0 Å². The Balaban J connectivity index is 3.38. The van der Waals surface area contributed by atoms with Crippen molar-refractivity contribution < 1.29 is 0 Å². The van der Waals surface area contributed by atoms with Gasteiger partial charge in [-0.1, -0.05) is 13.8 Å². The second kappa shape index (κ2) is 3.85. The highest BCUT2D eigenvalue weighted by Gasteiger charge is 2.03. The smallest absolute Gasteiger partial charge is 0.0540 e. The fraction of sp³-hybridized carbons (Fsp3) is 1.00. The van der Waals surface area contributed by atoms with Gasteiger partial charge in [-0.3, -0.25) is 4.90 Å². The van der Waals surface area contributed by atoms with Crippen molar-refractivity contribution in [3.63, 3.8) is 0 Å². The van der Waals surface area contributed by atoms with Gasteiger partial charge in [0.05, 0.1) is 6.17 Å². The Morgan fingerprint density at radius 2 is 1.78 bits per heavy atom. The van der Waals surface area contributed by atoms with Gasteiger partial charge in [0.25, 0.3) is 0 Å². The first-order valence-electron chi connectivity index (χ1n) is 3.50. The summed E-state index contributed by atoms with van der Waals surface area (Å²) >= 11 is 0. The number of nitrogens with two attached hydrogens (primary N) is 1. The van der Waals surface area contributed by atoms with Gasteiger partial charge in [-0.2, -0.15) is 0 Å². The molecule has 0 aromatic rings. The molecule has 0 heterocycles. The minimum atomic E-state index is 0.187. The highest BCUT2D eigenvalue weighted by molar-refractivity contribution is 4.56. The molecule has 0 rings (SSSR count). The van der Waals surface area contributed by atoms with Crippen LogP contribution in [0.4, 0.5) is 0 Å². The van der Waals surface area contributed by atoms with E-state index < -0.39 is 0 Å². The summed E-state index contributed by atoms with van der Waals surface area (Å²) in [4.78, 5) is 2.14. The summed E-state index contributed by atoms with van der Waals surface area (Å²) in [5.41, 5.74) is 5.61. The SMILES string of the molecule is CC(C)CN(C)C(C)N. The molecule has 0 bridgehead atoms. The maximum Gasteiger partial charge on any atom is 0.0540 e. The Morgan fingerprint density at radius 3 is 1.89 bits per heavy atom. The molecule has 1 atom stereocenters. The van der Waals surface area contributed by atoms with Crippen LogP contribution in [0.2, 0.25) is 0 Å². The van der Waals surface area contributed by atoms with Crippen molar-refractivity contribution in [3.8, 4) is 0 Å². The van der Waals surface area contributed by atoms with Gasteiger partial charge in [0.1, 0.15) is 0 Å². The summed E-state index contributed by atoms with van der Waals surface area (Å²) in [5.74, 6) is 0.709. The van der Waals surface area contributed by atoms with E-state index >= 15 is 0 Å². The predicted molar refractivity (Wildman–Crippen MR) is 41.1 cm³/mol. The molecule has 0 aliphatic heterocycles. The summed E-state index contributed by atoms with van der Waals surface area (Å²) in [5, 5.41) is 0. The first-order chi connectivity index (χ1) is 4.04. The van der Waals surface area contributed by atoms with Crippen molar-refractivity contribution in [2.45, 2.75) is 26.9 Å². The van der Waals surface area contributed by atoms with Crippen LogP contribution in [0, 0.1) is 5.92 Å². The normalized spacial score (nSPS) is 15.0. The average molecular weight is 130 g/mol. The maximum atomic E-state index is 5.61. The molecule has 56 valence electrons. The first-order valence-corrected chi connectivity index (χ1v) is 3.50. The average Bonchev–Trinajstić information content (AvgIpc) is 1.63. The Hall–Kier alpha value is -0.0800. The summed E-state index contributed by atoms with van der Waals surface area (Å²) in [6.07, 6.45) is 0.187. The molecule has 0 aromatic heterocycles. The quantitative estimate of drug-likeness (QED) is 0.575. The molecule has 2 N–H and O–H groups in total. The van der Waals surface area contributed by atoms with E-state index in [2.05, 4.69) is 18.7 Å². The lowest BCUT2D eigenvalue weighted by Gasteiger charge is -2.22. The zero-order chi connectivity index (χ0) is 7.44. The van der Waals surface area contributed by atoms with E-state index in [1.807, 2.05) is 14.0 Å². The fourth-order valence-electron chi connectivity index (χ4n) is 0.742. The fourth-order valence-corrected chi connectivity index (χ4v) is 0.742. The second-order valence-electron chi connectivity index (χ2n) is 3.07. The third-order valence-corrected chi connectivity index (χ3v) is 1.35. The van der Waals surface area contributed by atoms with Crippen LogP contribution in [0.3, 0.4) is 0 Å². The van der Waals surface area contributed by atoms with E-state index in [0.717, 1.165) is 6.54 Å². The van der Waals surface area contributed by atoms with Gasteiger partial charge in [-0.15, -0.1) is 0 Å². The molecule has 0 saturated carbocycles. The number of rotatable bonds is 3. The van der Waals surface area contributed by atoms with Gasteiger partial charge in [0, 0.05) is 6.54 Å². The second-order valence-corrected chi connectivity index (χ2v) is 3.07. The van der Waals surface area contributed by atoms with E-state index in [1.165, 1.54) is 0 Å². The summed E-state index contributed by atoms with van der Waals surface area (Å²) in [6, 6.07) is 0. The van der Waals surface area contributed by atoms with Gasteiger partial charge >= 0.3 is 0 Å². The van der Waals surface area contributed by atoms with Crippen LogP contribution in [0.1, 0.15) is 20.8 Å². The van der Waals surface area contributed by atoms with E-state index in [1.54, 1.807) is 0 Å². The Labute approximate surface area is 58.0 Å². The predicted octanol–water partition coefficient (Wildman–Crippen LogP) is 0.879. The van der Waals surface area contributed by atoms with Crippen LogP contribution in [0.15, 0.2) is 0 Å². The van der Waals surface area contributed by atoms with E-state index in [-0.39, 0.29) is 6.17 Å². The zero-order valence-corrected chi connectivity index (χ0v) is 6.89. The molecular formula is C7H18N2. The zero-order valence-electron chi connectivity index (χ0n) is 6.89. The molecule has 0 spiro atoms. The number of hydrogen-bond donors (Lipinski definition) is 1. The minimum absolute atomic E-state index is 0.187. The van der Waals surface area contributed by atoms with Gasteiger partial charge < -0.3 is 5.73 Å². The van der Waals surface area contributed by atoms with Crippen molar-refractivity contribution in [2.24, 2.45) is 11.7 Å². The third kappa shape index (κ3) is 4.43. The standard InChI is InChI=1S/C7H18N2/c1-6(2)5-9(4)7(3)8/h6-7H,5,8H2,1-4H3. The highest BCUT2D eigenvalue weighted by atomic mass is 15.2. The van der Waals surface area contributed by atoms with Gasteiger partial charge in [-0.25, -0.2) is 0 Å². The third-order valence-electron chi connectivity index (χ3n) is 1.35. The number of hydrogen-bond acceptors (Lipinski definition) is 2. The van der Waals surface area contributed by atoms with Gasteiger partial charge in [0.15, 0.2) is 0 Å². The topological polar surface area (TPSA) is 29.3 Å². The van der Waals surface area contributed by atoms with Crippen molar-refractivity contribution in [3.05, 3.63) is 0 Å². The monoisotopic (exact) mass is 130 g/mol. The molecule has 2 nitrogen and oxygen atoms in total. The molecule has 9 heavy (non-hydrogen) atoms. The number of nitrogens with zero attached hydrogens (tertiary/aromatic N) is 1. The highest BCUT2D eigenvalue weighted by Crippen LogP contribution is 1.96. The van der Waals surface area contributed by atoms with Crippen LogP contribution in [-0.4, -0.2) is 24.7 Å². The van der Waals surface area contributed by atoms with Crippen LogP contribution in [0.25, 0.3) is 0 Å². The van der Waals surface area contributed by atoms with Crippen molar-refractivity contribution in [1.29, 1.82) is 0 Å². The van der Waals surface area contributed by atoms with Crippen LogP contribution in [0.5, 0.6) is 0 Å². The molecule has 0 radical (unpaired) electrons. The molecule has 0 amide bonds. The van der Waals surface area contributed by atoms with Crippen LogP contribution in [-0.2, 0) is 0 Å². The summed E-state index contributed by atoms with van der Waals surface area (Å²) in [7, 11) is 2.05. The molecule has 1 unspecified atom stereocenters. The molecule has 0 saturated heterocycles. The van der Waals surface area contributed by atoms with Crippen molar-refractivity contribution in [2.75, 3.05) is 13.6 Å². The lowest BCUT2D eigenvalue weighted by Crippen LogP contribution is -2.38. The lowest BCUT2D eigenvalue weighted by atomic mass is 10.2. The Morgan fingerprint density at radius 1 is 1.33 bits per heavy atom. The molecular weight excluding hydrogens is 112 g/mol. The van der Waals surface area contributed by atoms with Gasteiger partial charge in [0.2, 0.25) is 0 Å².